The average Bonchev–Trinajstić information content (AvgIpc) is 2.69. The van der Waals surface area contributed by atoms with Gasteiger partial charge in [0.05, 0.1) is 11.5 Å². The van der Waals surface area contributed by atoms with E-state index < -0.39 is 10.0 Å². The second-order valence-electron chi connectivity index (χ2n) is 7.62. The molecule has 1 aromatic rings. The van der Waals surface area contributed by atoms with Crippen molar-refractivity contribution in [3.05, 3.63) is 29.8 Å². The first-order valence-electron chi connectivity index (χ1n) is 10.1. The number of hydrogen-bond acceptors (Lipinski definition) is 5. The van der Waals surface area contributed by atoms with Crippen molar-refractivity contribution in [3.63, 3.8) is 0 Å². The van der Waals surface area contributed by atoms with Gasteiger partial charge in [0.25, 0.3) is 0 Å². The smallest absolute Gasteiger partial charge is 0.240 e. The molecule has 1 fully saturated rings. The number of aliphatic imine (C=N–C) groups is 1. The topological polar surface area (TPSA) is 86.3 Å². The largest absolute Gasteiger partial charge is 0.383 e. The molecule has 30 heavy (non-hydrogen) atoms. The molecule has 8 nitrogen and oxygen atoms in total. The molecule has 1 aliphatic rings. The fourth-order valence-corrected chi connectivity index (χ4v) is 4.44. The number of guanidine groups is 1. The van der Waals surface area contributed by atoms with Crippen LogP contribution in [-0.2, 0) is 21.3 Å². The van der Waals surface area contributed by atoms with Gasteiger partial charge in [0.1, 0.15) is 0 Å². The molecule has 1 heterocycles. The summed E-state index contributed by atoms with van der Waals surface area (Å²) in [6, 6.07) is 6.96. The van der Waals surface area contributed by atoms with Crippen molar-refractivity contribution < 1.29 is 13.2 Å². The Morgan fingerprint density at radius 2 is 1.93 bits per heavy atom. The van der Waals surface area contributed by atoms with E-state index in [0.717, 1.165) is 44.2 Å². The van der Waals surface area contributed by atoms with Gasteiger partial charge in [0, 0.05) is 60.0 Å². The minimum atomic E-state index is -3.54. The lowest BCUT2D eigenvalue weighted by Crippen LogP contribution is -2.52. The molecular formula is C20H36IN5O3S. The SMILES string of the molecule is CN=C(NCc1cccc(S(=O)(=O)NCCOC)c1)N1CCN(CC(C)C)CC1.I. The van der Waals surface area contributed by atoms with E-state index >= 15 is 0 Å². The summed E-state index contributed by atoms with van der Waals surface area (Å²) in [7, 11) is -0.219. The Bertz CT molecular complexity index is 765. The quantitative estimate of drug-likeness (QED) is 0.209. The predicted octanol–water partition coefficient (Wildman–Crippen LogP) is 1.58. The third kappa shape index (κ3) is 8.66. The lowest BCUT2D eigenvalue weighted by atomic mass is 10.2. The second kappa shape index (κ2) is 13.5. The molecule has 172 valence electrons. The van der Waals surface area contributed by atoms with E-state index in [1.807, 2.05) is 6.07 Å². The Kier molecular flexibility index (Phi) is 12.2. The molecule has 0 amide bonds. The normalized spacial score (nSPS) is 15.9. The molecule has 0 radical (unpaired) electrons. The molecular weight excluding hydrogens is 517 g/mol. The van der Waals surface area contributed by atoms with Crippen LogP contribution in [0.15, 0.2) is 34.2 Å². The van der Waals surface area contributed by atoms with Crippen LogP contribution in [-0.4, -0.2) is 84.2 Å². The molecule has 0 unspecified atom stereocenters. The molecule has 1 saturated heterocycles. The highest BCUT2D eigenvalue weighted by atomic mass is 127. The maximum absolute atomic E-state index is 12.4. The van der Waals surface area contributed by atoms with Crippen LogP contribution in [0.5, 0.6) is 0 Å². The number of sulfonamides is 1. The van der Waals surface area contributed by atoms with Crippen molar-refractivity contribution in [2.45, 2.75) is 25.3 Å². The second-order valence-corrected chi connectivity index (χ2v) is 9.39. The summed E-state index contributed by atoms with van der Waals surface area (Å²) >= 11 is 0. The van der Waals surface area contributed by atoms with Crippen molar-refractivity contribution >= 4 is 40.0 Å². The highest BCUT2D eigenvalue weighted by Crippen LogP contribution is 2.12. The molecule has 2 N–H and O–H groups in total. The first-order chi connectivity index (χ1) is 13.9. The van der Waals surface area contributed by atoms with Crippen molar-refractivity contribution in [3.8, 4) is 0 Å². The van der Waals surface area contributed by atoms with Crippen molar-refractivity contribution in [1.29, 1.82) is 0 Å². The van der Waals surface area contributed by atoms with Crippen molar-refractivity contribution in [1.82, 2.24) is 19.8 Å². The highest BCUT2D eigenvalue weighted by Gasteiger charge is 2.20. The number of benzene rings is 1. The van der Waals surface area contributed by atoms with Gasteiger partial charge in [-0.15, -0.1) is 24.0 Å². The van der Waals surface area contributed by atoms with E-state index in [2.05, 4.69) is 38.7 Å². The van der Waals surface area contributed by atoms with Crippen LogP contribution in [0.2, 0.25) is 0 Å². The number of nitrogens with one attached hydrogen (secondary N) is 2. The van der Waals surface area contributed by atoms with E-state index in [4.69, 9.17) is 4.74 Å². The highest BCUT2D eigenvalue weighted by molar-refractivity contribution is 14.0. The molecule has 0 aliphatic carbocycles. The third-order valence-corrected chi connectivity index (χ3v) is 6.22. The van der Waals surface area contributed by atoms with Crippen LogP contribution in [0.25, 0.3) is 0 Å². The molecule has 1 aromatic carbocycles. The van der Waals surface area contributed by atoms with Gasteiger partial charge in [-0.25, -0.2) is 13.1 Å². The lowest BCUT2D eigenvalue weighted by Gasteiger charge is -2.37. The predicted molar refractivity (Wildman–Crippen MR) is 132 cm³/mol. The van der Waals surface area contributed by atoms with Crippen molar-refractivity contribution in [2.24, 2.45) is 10.9 Å². The minimum Gasteiger partial charge on any atom is -0.383 e. The first kappa shape index (κ1) is 27.1. The molecule has 2 rings (SSSR count). The number of methoxy groups -OCH3 is 1. The van der Waals surface area contributed by atoms with Gasteiger partial charge >= 0.3 is 0 Å². The summed E-state index contributed by atoms with van der Waals surface area (Å²) in [4.78, 5) is 9.40. The zero-order valence-corrected chi connectivity index (χ0v) is 21.6. The Hall–Kier alpha value is -0.950. The lowest BCUT2D eigenvalue weighted by molar-refractivity contribution is 0.164. The summed E-state index contributed by atoms with van der Waals surface area (Å²) in [6.45, 7) is 10.6. The maximum Gasteiger partial charge on any atom is 0.240 e. The third-order valence-electron chi connectivity index (χ3n) is 4.76. The van der Waals surface area contributed by atoms with E-state index in [0.29, 0.717) is 19.1 Å². The Balaban J connectivity index is 0.00000450. The fourth-order valence-electron chi connectivity index (χ4n) is 3.36. The first-order valence-corrected chi connectivity index (χ1v) is 11.6. The fraction of sp³-hybridized carbons (Fsp3) is 0.650. The summed E-state index contributed by atoms with van der Waals surface area (Å²) in [5.74, 6) is 1.52. The standard InChI is InChI=1S/C20H35N5O3S.HI/c1-17(2)16-24-9-11-25(12-10-24)20(21-3)22-15-18-6-5-7-19(14-18)29(26,27)23-8-13-28-4;/h5-7,14,17,23H,8-13,15-16H2,1-4H3,(H,21,22);1H. The molecule has 0 spiro atoms. The number of nitrogens with zero attached hydrogens (tertiary/aromatic N) is 3. The maximum atomic E-state index is 12.4. The van der Waals surface area contributed by atoms with Gasteiger partial charge in [-0.1, -0.05) is 26.0 Å². The molecule has 0 bridgehead atoms. The molecule has 0 aromatic heterocycles. The molecule has 0 atom stereocenters. The van der Waals surface area contributed by atoms with Gasteiger partial charge in [-0.2, -0.15) is 0 Å². The number of rotatable bonds is 9. The van der Waals surface area contributed by atoms with E-state index in [1.54, 1.807) is 25.2 Å². The zero-order chi connectivity index (χ0) is 21.3. The summed E-state index contributed by atoms with van der Waals surface area (Å²) < 4.78 is 32.2. The van der Waals surface area contributed by atoms with Crippen LogP contribution in [0, 0.1) is 5.92 Å². The van der Waals surface area contributed by atoms with Gasteiger partial charge in [0.2, 0.25) is 10.0 Å². The summed E-state index contributed by atoms with van der Waals surface area (Å²) in [6.07, 6.45) is 0. The zero-order valence-electron chi connectivity index (χ0n) is 18.4. The van der Waals surface area contributed by atoms with Crippen LogP contribution < -0.4 is 10.0 Å². The average molecular weight is 554 g/mol. The Morgan fingerprint density at radius 3 is 2.53 bits per heavy atom. The van der Waals surface area contributed by atoms with Gasteiger partial charge in [-0.05, 0) is 23.6 Å². The number of piperazine rings is 1. The van der Waals surface area contributed by atoms with Crippen LogP contribution in [0.3, 0.4) is 0 Å². The van der Waals surface area contributed by atoms with E-state index in [1.165, 1.54) is 7.11 Å². The summed E-state index contributed by atoms with van der Waals surface area (Å²) in [5.41, 5.74) is 0.888. The summed E-state index contributed by atoms with van der Waals surface area (Å²) in [5, 5.41) is 3.36. The van der Waals surface area contributed by atoms with E-state index in [9.17, 15) is 8.42 Å². The molecule has 1 aliphatic heterocycles. The Labute approximate surface area is 198 Å². The van der Waals surface area contributed by atoms with Crippen molar-refractivity contribution in [2.75, 3.05) is 60.0 Å². The number of ether oxygens (including phenoxy) is 1. The number of halogens is 1. The van der Waals surface area contributed by atoms with Crippen LogP contribution in [0.1, 0.15) is 19.4 Å². The van der Waals surface area contributed by atoms with Gasteiger partial charge < -0.3 is 15.0 Å². The Morgan fingerprint density at radius 1 is 1.23 bits per heavy atom. The van der Waals surface area contributed by atoms with Crippen LogP contribution >= 0.6 is 24.0 Å². The van der Waals surface area contributed by atoms with E-state index in [-0.39, 0.29) is 35.4 Å². The van der Waals surface area contributed by atoms with Gasteiger partial charge in [-0.3, -0.25) is 9.89 Å². The molecule has 10 heteroatoms. The number of hydrogen-bond donors (Lipinski definition) is 2. The van der Waals surface area contributed by atoms with Crippen LogP contribution in [0.4, 0.5) is 0 Å². The monoisotopic (exact) mass is 553 g/mol. The van der Waals surface area contributed by atoms with Gasteiger partial charge in [0.15, 0.2) is 5.96 Å². The minimum absolute atomic E-state index is 0. The molecule has 0 saturated carbocycles.